The Kier molecular flexibility index (Phi) is 4.38. The van der Waals surface area contributed by atoms with Crippen molar-refractivity contribution in [2.24, 2.45) is 0 Å². The van der Waals surface area contributed by atoms with Crippen LogP contribution in [0, 0.1) is 0 Å². The third-order valence-corrected chi connectivity index (χ3v) is 5.11. The molecule has 2 N–H and O–H groups in total. The minimum Gasteiger partial charge on any atom is -0.354 e. The topological polar surface area (TPSA) is 61.4 Å². The van der Waals surface area contributed by atoms with Crippen molar-refractivity contribution in [2.45, 2.75) is 37.8 Å². The van der Waals surface area contributed by atoms with Crippen molar-refractivity contribution in [3.05, 3.63) is 34.3 Å². The van der Waals surface area contributed by atoms with E-state index in [0.717, 1.165) is 17.3 Å². The first-order valence-corrected chi connectivity index (χ1v) is 8.46. The Labute approximate surface area is 138 Å². The predicted octanol–water partition coefficient (Wildman–Crippen LogP) is 2.22. The highest BCUT2D eigenvalue weighted by molar-refractivity contribution is 9.10. The molecule has 1 aliphatic heterocycles. The number of hydrogen-bond acceptors (Lipinski definition) is 2. The fourth-order valence-corrected chi connectivity index (χ4v) is 3.52. The van der Waals surface area contributed by atoms with Gasteiger partial charge in [-0.05, 0) is 31.4 Å². The third kappa shape index (κ3) is 3.11. The summed E-state index contributed by atoms with van der Waals surface area (Å²) in [5.74, 6) is 0.279. The van der Waals surface area contributed by atoms with E-state index in [0.29, 0.717) is 19.0 Å². The van der Waals surface area contributed by atoms with Gasteiger partial charge in [-0.2, -0.15) is 0 Å². The van der Waals surface area contributed by atoms with Crippen LogP contribution in [0.4, 0.5) is 4.79 Å². The molecule has 1 heterocycles. The summed E-state index contributed by atoms with van der Waals surface area (Å²) < 4.78 is 1.08. The summed E-state index contributed by atoms with van der Waals surface area (Å²) >= 11 is 3.56. The highest BCUT2D eigenvalue weighted by Crippen LogP contribution is 2.43. The second-order valence-corrected chi connectivity index (χ2v) is 6.79. The number of amides is 3. The second kappa shape index (κ2) is 6.28. The van der Waals surface area contributed by atoms with Gasteiger partial charge in [0.1, 0.15) is 6.04 Å². The van der Waals surface area contributed by atoms with Crippen molar-refractivity contribution < 1.29 is 9.59 Å². The lowest BCUT2D eigenvalue weighted by molar-refractivity contribution is -0.124. The lowest BCUT2D eigenvalue weighted by Crippen LogP contribution is -2.50. The maximum Gasteiger partial charge on any atom is 0.318 e. The highest BCUT2D eigenvalue weighted by atomic mass is 79.9. The summed E-state index contributed by atoms with van der Waals surface area (Å²) in [7, 11) is 0. The smallest absolute Gasteiger partial charge is 0.318 e. The number of carbonyl (C=O) groups is 2. The monoisotopic (exact) mass is 365 g/mol. The van der Waals surface area contributed by atoms with Crippen LogP contribution >= 0.6 is 15.9 Å². The molecule has 1 saturated carbocycles. The predicted molar refractivity (Wildman–Crippen MR) is 87.6 cm³/mol. The van der Waals surface area contributed by atoms with E-state index in [9.17, 15) is 9.59 Å². The summed E-state index contributed by atoms with van der Waals surface area (Å²) in [6, 6.07) is 7.72. The molecule has 0 bridgehead atoms. The van der Waals surface area contributed by atoms with E-state index >= 15 is 0 Å². The van der Waals surface area contributed by atoms with Crippen LogP contribution in [0.15, 0.2) is 28.7 Å². The standard InChI is InChI=1S/C16H20BrN3O2/c1-10-15(21)18-7-4-8-20(10)16(22)19-14-9-12(14)11-5-2-3-6-13(11)17/h2-3,5-6,10,12,14H,4,7-9H2,1H3,(H,18,21)(H,19,22)/t10?,12-,14+/m0/s1. The molecule has 6 heteroatoms. The minimum atomic E-state index is -0.414. The van der Waals surface area contributed by atoms with Crippen molar-refractivity contribution >= 4 is 27.9 Å². The van der Waals surface area contributed by atoms with Crippen LogP contribution in [-0.2, 0) is 4.79 Å². The van der Waals surface area contributed by atoms with Crippen LogP contribution in [0.2, 0.25) is 0 Å². The number of halogens is 1. The van der Waals surface area contributed by atoms with Gasteiger partial charge in [0.15, 0.2) is 0 Å². The molecular weight excluding hydrogens is 346 g/mol. The Bertz CT molecular complexity index is 593. The van der Waals surface area contributed by atoms with Crippen LogP contribution in [-0.4, -0.2) is 42.0 Å². The zero-order chi connectivity index (χ0) is 15.7. The highest BCUT2D eigenvalue weighted by Gasteiger charge is 2.42. The SMILES string of the molecule is CC1C(=O)NCCCN1C(=O)N[C@@H]1C[C@H]1c1ccccc1Br. The molecule has 0 spiro atoms. The zero-order valence-corrected chi connectivity index (χ0v) is 14.1. The fraction of sp³-hybridized carbons (Fsp3) is 0.500. The Balaban J connectivity index is 1.61. The van der Waals surface area contributed by atoms with Crippen LogP contribution in [0.1, 0.15) is 31.2 Å². The van der Waals surface area contributed by atoms with Gasteiger partial charge in [0, 0.05) is 29.5 Å². The molecule has 1 aromatic rings. The van der Waals surface area contributed by atoms with Crippen LogP contribution in [0.25, 0.3) is 0 Å². The van der Waals surface area contributed by atoms with Gasteiger partial charge in [0.2, 0.25) is 5.91 Å². The number of benzene rings is 1. The zero-order valence-electron chi connectivity index (χ0n) is 12.5. The molecular formula is C16H20BrN3O2. The number of nitrogens with one attached hydrogen (secondary N) is 2. The molecule has 3 amide bonds. The maximum absolute atomic E-state index is 12.4. The average molecular weight is 366 g/mol. The average Bonchev–Trinajstić information content (AvgIpc) is 3.26. The molecule has 3 rings (SSSR count). The van der Waals surface area contributed by atoms with Crippen molar-refractivity contribution in [3.63, 3.8) is 0 Å². The summed E-state index contributed by atoms with van der Waals surface area (Å²) in [5, 5.41) is 5.89. The molecule has 3 atom stereocenters. The third-order valence-electron chi connectivity index (χ3n) is 4.39. The first-order chi connectivity index (χ1) is 10.6. The first-order valence-electron chi connectivity index (χ1n) is 7.67. The van der Waals surface area contributed by atoms with Crippen LogP contribution in [0.5, 0.6) is 0 Å². The summed E-state index contributed by atoms with van der Waals surface area (Å²) in [6.45, 7) is 3.02. The molecule has 0 radical (unpaired) electrons. The van der Waals surface area contributed by atoms with Gasteiger partial charge in [0.05, 0.1) is 0 Å². The molecule has 2 aliphatic rings. The van der Waals surface area contributed by atoms with E-state index in [1.54, 1.807) is 11.8 Å². The largest absolute Gasteiger partial charge is 0.354 e. The number of nitrogens with zero attached hydrogens (tertiary/aromatic N) is 1. The molecule has 22 heavy (non-hydrogen) atoms. The van der Waals surface area contributed by atoms with E-state index in [4.69, 9.17) is 0 Å². The molecule has 2 fully saturated rings. The molecule has 5 nitrogen and oxygen atoms in total. The molecule has 1 aliphatic carbocycles. The van der Waals surface area contributed by atoms with E-state index in [-0.39, 0.29) is 18.0 Å². The Morgan fingerprint density at radius 1 is 1.41 bits per heavy atom. The molecule has 1 saturated heterocycles. The molecule has 1 unspecified atom stereocenters. The van der Waals surface area contributed by atoms with E-state index in [1.807, 2.05) is 18.2 Å². The fourth-order valence-electron chi connectivity index (χ4n) is 2.94. The molecule has 0 aromatic heterocycles. The lowest BCUT2D eigenvalue weighted by Gasteiger charge is -2.25. The van der Waals surface area contributed by atoms with Gasteiger partial charge in [-0.25, -0.2) is 4.79 Å². The summed E-state index contributed by atoms with van der Waals surface area (Å²) in [6.07, 6.45) is 1.74. The van der Waals surface area contributed by atoms with Gasteiger partial charge in [-0.3, -0.25) is 4.79 Å². The number of urea groups is 1. The van der Waals surface area contributed by atoms with Crippen molar-refractivity contribution in [1.29, 1.82) is 0 Å². The number of rotatable bonds is 2. The normalized spacial score (nSPS) is 27.8. The van der Waals surface area contributed by atoms with Crippen molar-refractivity contribution in [1.82, 2.24) is 15.5 Å². The number of carbonyl (C=O) groups excluding carboxylic acids is 2. The molecule has 1 aromatic carbocycles. The van der Waals surface area contributed by atoms with Gasteiger partial charge in [-0.1, -0.05) is 34.1 Å². The van der Waals surface area contributed by atoms with Gasteiger partial charge in [-0.15, -0.1) is 0 Å². The van der Waals surface area contributed by atoms with Crippen LogP contribution in [0.3, 0.4) is 0 Å². The van der Waals surface area contributed by atoms with Crippen molar-refractivity contribution in [3.8, 4) is 0 Å². The Morgan fingerprint density at radius 3 is 2.95 bits per heavy atom. The second-order valence-electron chi connectivity index (χ2n) is 5.93. The Hall–Kier alpha value is -1.56. The van der Waals surface area contributed by atoms with Gasteiger partial charge in [0.25, 0.3) is 0 Å². The maximum atomic E-state index is 12.4. The van der Waals surface area contributed by atoms with E-state index < -0.39 is 6.04 Å². The lowest BCUT2D eigenvalue weighted by atomic mass is 10.1. The van der Waals surface area contributed by atoms with E-state index in [2.05, 4.69) is 32.6 Å². The van der Waals surface area contributed by atoms with Gasteiger partial charge < -0.3 is 15.5 Å². The van der Waals surface area contributed by atoms with Crippen LogP contribution < -0.4 is 10.6 Å². The van der Waals surface area contributed by atoms with Gasteiger partial charge >= 0.3 is 6.03 Å². The Morgan fingerprint density at radius 2 is 2.18 bits per heavy atom. The summed E-state index contributed by atoms with van der Waals surface area (Å²) in [4.78, 5) is 25.9. The quantitative estimate of drug-likeness (QED) is 0.843. The summed E-state index contributed by atoms with van der Waals surface area (Å²) in [5.41, 5.74) is 1.23. The number of hydrogen-bond donors (Lipinski definition) is 2. The van der Waals surface area contributed by atoms with Crippen molar-refractivity contribution in [2.75, 3.05) is 13.1 Å². The van der Waals surface area contributed by atoms with E-state index in [1.165, 1.54) is 5.56 Å². The minimum absolute atomic E-state index is 0.0780. The first kappa shape index (κ1) is 15.3. The molecule has 118 valence electrons.